The molecule has 1 heterocycles. The highest BCUT2D eigenvalue weighted by atomic mass is 16.6. The molecular weight excluding hydrogens is 294 g/mol. The molecule has 1 N–H and O–H groups in total. The van der Waals surface area contributed by atoms with Gasteiger partial charge >= 0.3 is 0 Å². The lowest BCUT2D eigenvalue weighted by atomic mass is 9.71. The molecule has 5 heteroatoms. The summed E-state index contributed by atoms with van der Waals surface area (Å²) < 4.78 is 5.58. The van der Waals surface area contributed by atoms with Gasteiger partial charge in [-0.15, -0.1) is 0 Å². The molecule has 0 radical (unpaired) electrons. The molecular formula is C18H29NO4. The number of carbonyl (C=O) groups excluding carboxylic acids is 2. The molecule has 23 heavy (non-hydrogen) atoms. The van der Waals surface area contributed by atoms with E-state index in [0.717, 1.165) is 19.4 Å². The molecule has 0 aromatic heterocycles. The zero-order valence-electron chi connectivity index (χ0n) is 14.5. The maximum absolute atomic E-state index is 12.6. The number of hydrogen-bond acceptors (Lipinski definition) is 5. The van der Waals surface area contributed by atoms with Crippen LogP contribution in [0.5, 0.6) is 0 Å². The Labute approximate surface area is 138 Å². The van der Waals surface area contributed by atoms with Crippen LogP contribution in [0.3, 0.4) is 0 Å². The first-order valence-corrected chi connectivity index (χ1v) is 8.83. The Morgan fingerprint density at radius 2 is 1.96 bits per heavy atom. The van der Waals surface area contributed by atoms with Crippen molar-refractivity contribution in [3.63, 3.8) is 0 Å². The quantitative estimate of drug-likeness (QED) is 0.462. The van der Waals surface area contributed by atoms with Crippen LogP contribution in [0.25, 0.3) is 0 Å². The first kappa shape index (κ1) is 18.1. The summed E-state index contributed by atoms with van der Waals surface area (Å²) in [6.45, 7) is 8.04. The molecule has 5 nitrogen and oxygen atoms in total. The smallest absolute Gasteiger partial charge is 0.168 e. The first-order chi connectivity index (χ1) is 11.1. The van der Waals surface area contributed by atoms with Crippen molar-refractivity contribution in [1.29, 1.82) is 0 Å². The number of nitrogens with one attached hydrogen (secondary N) is 1. The maximum atomic E-state index is 12.6. The van der Waals surface area contributed by atoms with E-state index in [1.54, 1.807) is 0 Å². The number of hydrogen-bond donors (Lipinski definition) is 1. The van der Waals surface area contributed by atoms with Crippen LogP contribution in [0.2, 0.25) is 0 Å². The molecule has 2 rings (SSSR count). The van der Waals surface area contributed by atoms with Gasteiger partial charge in [0.2, 0.25) is 0 Å². The molecule has 1 aliphatic heterocycles. The van der Waals surface area contributed by atoms with Crippen LogP contribution in [0.4, 0.5) is 0 Å². The normalized spacial score (nSPS) is 28.8. The minimum atomic E-state index is -0.0420. The van der Waals surface area contributed by atoms with Crippen molar-refractivity contribution >= 4 is 11.6 Å². The van der Waals surface area contributed by atoms with E-state index in [0.29, 0.717) is 55.6 Å². The fraction of sp³-hybridized carbons (Fsp3) is 0.778. The number of ketones is 2. The monoisotopic (exact) mass is 323 g/mol. The summed E-state index contributed by atoms with van der Waals surface area (Å²) in [5.74, 6) is 0.854. The first-order valence-electron chi connectivity index (χ1n) is 8.83. The van der Waals surface area contributed by atoms with Gasteiger partial charge in [0.25, 0.3) is 0 Å². The second-order valence-electron chi connectivity index (χ2n) is 6.66. The predicted molar refractivity (Wildman–Crippen MR) is 87.5 cm³/mol. The molecule has 2 fully saturated rings. The average molecular weight is 323 g/mol. The van der Waals surface area contributed by atoms with Gasteiger partial charge in [-0.1, -0.05) is 20.3 Å². The molecule has 0 aromatic rings. The van der Waals surface area contributed by atoms with Gasteiger partial charge in [0.05, 0.1) is 17.9 Å². The lowest BCUT2D eigenvalue weighted by molar-refractivity contribution is -0.128. The van der Waals surface area contributed by atoms with Crippen LogP contribution in [-0.4, -0.2) is 31.4 Å². The van der Waals surface area contributed by atoms with Gasteiger partial charge in [-0.25, -0.2) is 0 Å². The fourth-order valence-electron chi connectivity index (χ4n) is 3.65. The van der Waals surface area contributed by atoms with Crippen molar-refractivity contribution < 1.29 is 19.2 Å². The topological polar surface area (TPSA) is 64.6 Å². The third-order valence-corrected chi connectivity index (χ3v) is 4.96. The van der Waals surface area contributed by atoms with Crippen molar-refractivity contribution in [2.45, 2.75) is 52.9 Å². The minimum absolute atomic E-state index is 0.0420. The van der Waals surface area contributed by atoms with Crippen LogP contribution in [0.15, 0.2) is 11.3 Å². The highest BCUT2D eigenvalue weighted by Gasteiger charge is 2.39. The highest BCUT2D eigenvalue weighted by molar-refractivity contribution is 6.22. The second-order valence-corrected chi connectivity index (χ2v) is 6.66. The number of allylic oxidation sites excluding steroid dienone is 2. The van der Waals surface area contributed by atoms with Crippen molar-refractivity contribution in [2.75, 3.05) is 19.8 Å². The van der Waals surface area contributed by atoms with Crippen molar-refractivity contribution in [3.05, 3.63) is 11.3 Å². The number of carbonyl (C=O) groups is 2. The summed E-state index contributed by atoms with van der Waals surface area (Å²) in [4.78, 5) is 30.5. The lowest BCUT2D eigenvalue weighted by Crippen LogP contribution is -2.39. The van der Waals surface area contributed by atoms with E-state index in [2.05, 4.69) is 12.4 Å². The fourth-order valence-corrected chi connectivity index (χ4v) is 3.65. The Kier molecular flexibility index (Phi) is 6.78. The van der Waals surface area contributed by atoms with Gasteiger partial charge in [0, 0.05) is 26.1 Å². The Hall–Kier alpha value is -1.20. The zero-order chi connectivity index (χ0) is 16.8. The molecule has 2 aliphatic rings. The van der Waals surface area contributed by atoms with E-state index in [1.807, 2.05) is 13.8 Å². The summed E-state index contributed by atoms with van der Waals surface area (Å²) in [6, 6.07) is 0. The maximum Gasteiger partial charge on any atom is 0.168 e. The Balaban J connectivity index is 2.14. The van der Waals surface area contributed by atoms with Crippen LogP contribution in [0.1, 0.15) is 52.9 Å². The van der Waals surface area contributed by atoms with Gasteiger partial charge in [-0.3, -0.25) is 19.9 Å². The molecule has 1 saturated heterocycles. The van der Waals surface area contributed by atoms with Crippen molar-refractivity contribution in [3.8, 4) is 0 Å². The standard InChI is InChI=1S/C18H29NO4/c1-4-6-15(19-23-5-2)18-16(20)9-13(10-17(18)21)14-11-22-8-7-12(14)3/h12-14,19H,4-11H2,1-3H3. The molecule has 2 unspecified atom stereocenters. The van der Waals surface area contributed by atoms with Crippen LogP contribution < -0.4 is 5.48 Å². The summed E-state index contributed by atoms with van der Waals surface area (Å²) in [5, 5.41) is 0. The number of Topliss-reactive ketones (excluding diaryl/α,β-unsaturated/α-hetero) is 2. The molecule has 2 atom stereocenters. The molecule has 0 spiro atoms. The van der Waals surface area contributed by atoms with Gasteiger partial charge in [-0.05, 0) is 37.5 Å². The van der Waals surface area contributed by atoms with E-state index in [-0.39, 0.29) is 17.5 Å². The average Bonchev–Trinajstić information content (AvgIpc) is 2.52. The molecule has 0 amide bonds. The third-order valence-electron chi connectivity index (χ3n) is 4.96. The molecule has 0 aromatic carbocycles. The van der Waals surface area contributed by atoms with Crippen LogP contribution >= 0.6 is 0 Å². The Morgan fingerprint density at radius 1 is 1.26 bits per heavy atom. The van der Waals surface area contributed by atoms with Gasteiger partial charge in [-0.2, -0.15) is 0 Å². The van der Waals surface area contributed by atoms with E-state index in [1.165, 1.54) is 0 Å². The van der Waals surface area contributed by atoms with E-state index >= 15 is 0 Å². The van der Waals surface area contributed by atoms with Gasteiger partial charge in [0.1, 0.15) is 0 Å². The second kappa shape index (κ2) is 8.60. The zero-order valence-corrected chi connectivity index (χ0v) is 14.5. The van der Waals surface area contributed by atoms with Gasteiger partial charge in [0.15, 0.2) is 11.6 Å². The summed E-state index contributed by atoms with van der Waals surface area (Å²) in [6.07, 6.45) is 3.41. The molecule has 1 aliphatic carbocycles. The largest absolute Gasteiger partial charge is 0.381 e. The molecule has 1 saturated carbocycles. The van der Waals surface area contributed by atoms with E-state index < -0.39 is 0 Å². The van der Waals surface area contributed by atoms with Gasteiger partial charge < -0.3 is 4.74 Å². The lowest BCUT2D eigenvalue weighted by Gasteiger charge is -2.37. The van der Waals surface area contributed by atoms with Crippen LogP contribution in [-0.2, 0) is 19.2 Å². The van der Waals surface area contributed by atoms with E-state index in [9.17, 15) is 9.59 Å². The number of ether oxygens (including phenoxy) is 1. The van der Waals surface area contributed by atoms with Crippen LogP contribution in [0, 0.1) is 17.8 Å². The predicted octanol–water partition coefficient (Wildman–Crippen LogP) is 2.80. The SMILES string of the molecule is CCCC(NOCC)=C1C(=O)CC(C2COCCC2C)CC1=O. The van der Waals surface area contributed by atoms with Crippen molar-refractivity contribution in [2.24, 2.45) is 17.8 Å². The Bertz CT molecular complexity index is 452. The number of rotatable bonds is 6. The van der Waals surface area contributed by atoms with E-state index in [4.69, 9.17) is 9.57 Å². The Morgan fingerprint density at radius 3 is 2.52 bits per heavy atom. The third kappa shape index (κ3) is 4.42. The van der Waals surface area contributed by atoms with Crippen molar-refractivity contribution in [1.82, 2.24) is 5.48 Å². The summed E-state index contributed by atoms with van der Waals surface area (Å²) >= 11 is 0. The summed E-state index contributed by atoms with van der Waals surface area (Å²) in [5.41, 5.74) is 3.80. The molecule has 130 valence electrons. The minimum Gasteiger partial charge on any atom is -0.381 e. The number of hydroxylamine groups is 1. The molecule has 0 bridgehead atoms. The summed E-state index contributed by atoms with van der Waals surface area (Å²) in [7, 11) is 0. The highest BCUT2D eigenvalue weighted by Crippen LogP contribution is 2.37.